The second kappa shape index (κ2) is 8.02. The highest BCUT2D eigenvalue weighted by Gasteiger charge is 2.58. The Morgan fingerprint density at radius 3 is 2.72 bits per heavy atom. The first-order valence-electron chi connectivity index (χ1n) is 12.8. The number of ether oxygens (including phenoxy) is 1. The van der Waals surface area contributed by atoms with Gasteiger partial charge in [-0.1, -0.05) is 6.92 Å². The van der Waals surface area contributed by atoms with Gasteiger partial charge in [0.25, 0.3) is 0 Å². The van der Waals surface area contributed by atoms with E-state index >= 15 is 0 Å². The van der Waals surface area contributed by atoms with Crippen LogP contribution in [0.4, 0.5) is 5.82 Å². The van der Waals surface area contributed by atoms with E-state index in [1.165, 1.54) is 38.5 Å². The largest absolute Gasteiger partial charge is 0.387 e. The first-order valence-corrected chi connectivity index (χ1v) is 12.8. The third-order valence-corrected chi connectivity index (χ3v) is 10.5. The maximum atomic E-state index is 11.0. The van der Waals surface area contributed by atoms with E-state index in [1.54, 1.807) is 13.3 Å². The highest BCUT2D eigenvalue weighted by atomic mass is 16.5. The number of aromatic nitrogens is 2. The van der Waals surface area contributed by atoms with Crippen molar-refractivity contribution in [2.45, 2.75) is 83.3 Å². The van der Waals surface area contributed by atoms with Gasteiger partial charge in [0, 0.05) is 7.11 Å². The molecule has 0 aliphatic heterocycles. The van der Waals surface area contributed by atoms with Crippen LogP contribution >= 0.6 is 0 Å². The fourth-order valence-electron chi connectivity index (χ4n) is 9.15. The van der Waals surface area contributed by atoms with Crippen LogP contribution in [0.5, 0.6) is 0 Å². The molecule has 6 nitrogen and oxygen atoms in total. The van der Waals surface area contributed by atoms with Crippen molar-refractivity contribution >= 4 is 5.82 Å². The zero-order valence-corrected chi connectivity index (χ0v) is 20.0. The van der Waals surface area contributed by atoms with Gasteiger partial charge >= 0.3 is 0 Å². The summed E-state index contributed by atoms with van der Waals surface area (Å²) in [7, 11) is 1.71. The van der Waals surface area contributed by atoms with Gasteiger partial charge in [-0.25, -0.2) is 4.68 Å². The van der Waals surface area contributed by atoms with Gasteiger partial charge in [0.05, 0.1) is 24.4 Å². The predicted octanol–water partition coefficient (Wildman–Crippen LogP) is 4.54. The quantitative estimate of drug-likeness (QED) is 0.716. The van der Waals surface area contributed by atoms with Crippen LogP contribution in [0.3, 0.4) is 0 Å². The van der Waals surface area contributed by atoms with Gasteiger partial charge in [0.1, 0.15) is 17.5 Å². The molecule has 6 heteroatoms. The summed E-state index contributed by atoms with van der Waals surface area (Å²) in [5.41, 5.74) is 6.47. The fourth-order valence-corrected chi connectivity index (χ4v) is 9.15. The van der Waals surface area contributed by atoms with Crippen LogP contribution in [-0.2, 0) is 4.74 Å². The van der Waals surface area contributed by atoms with Crippen molar-refractivity contribution < 1.29 is 9.84 Å². The minimum Gasteiger partial charge on any atom is -0.387 e. The summed E-state index contributed by atoms with van der Waals surface area (Å²) in [5, 5.41) is 24.8. The van der Waals surface area contributed by atoms with Gasteiger partial charge in [0.2, 0.25) is 0 Å². The van der Waals surface area contributed by atoms with E-state index < -0.39 is 5.60 Å². The van der Waals surface area contributed by atoms with E-state index in [9.17, 15) is 10.4 Å². The molecular weight excluding hydrogens is 400 g/mol. The van der Waals surface area contributed by atoms with Gasteiger partial charge in [0.15, 0.2) is 0 Å². The smallest absolute Gasteiger partial charge is 0.140 e. The minimum absolute atomic E-state index is 0.221. The molecule has 0 amide bonds. The van der Waals surface area contributed by atoms with Crippen molar-refractivity contribution in [1.29, 1.82) is 5.26 Å². The van der Waals surface area contributed by atoms with Crippen LogP contribution in [0.1, 0.15) is 83.2 Å². The molecule has 0 unspecified atom stereocenters. The topological polar surface area (TPSA) is 97.1 Å². The Morgan fingerprint density at radius 1 is 1.22 bits per heavy atom. The summed E-state index contributed by atoms with van der Waals surface area (Å²) in [5.74, 6) is 4.95. The van der Waals surface area contributed by atoms with E-state index in [-0.39, 0.29) is 6.04 Å². The molecule has 4 saturated carbocycles. The second-order valence-electron chi connectivity index (χ2n) is 11.8. The molecule has 0 bridgehead atoms. The van der Waals surface area contributed by atoms with E-state index in [0.717, 1.165) is 42.9 Å². The number of fused-ring (bicyclic) bond motifs is 5. The first-order chi connectivity index (χ1) is 15.3. The number of aliphatic hydroxyl groups is 1. The summed E-state index contributed by atoms with van der Waals surface area (Å²) in [4.78, 5) is 0. The molecule has 0 radical (unpaired) electrons. The Balaban J connectivity index is 1.33. The lowest BCUT2D eigenvalue weighted by molar-refractivity contribution is -0.125. The zero-order chi connectivity index (χ0) is 22.7. The summed E-state index contributed by atoms with van der Waals surface area (Å²) >= 11 is 0. The Hall–Kier alpha value is -1.58. The molecule has 9 atom stereocenters. The predicted molar refractivity (Wildman–Crippen MR) is 123 cm³/mol. The molecule has 1 aromatic rings. The maximum absolute atomic E-state index is 11.0. The highest BCUT2D eigenvalue weighted by molar-refractivity contribution is 5.47. The molecule has 3 N–H and O–H groups in total. The first kappa shape index (κ1) is 22.2. The van der Waals surface area contributed by atoms with Crippen molar-refractivity contribution in [2.75, 3.05) is 19.5 Å². The molecular formula is C26H40N4O2. The van der Waals surface area contributed by atoms with Crippen molar-refractivity contribution in [2.24, 2.45) is 40.9 Å². The number of rotatable bonds is 4. The van der Waals surface area contributed by atoms with E-state index in [1.807, 2.05) is 4.68 Å². The Bertz CT molecular complexity index is 893. The number of nitriles is 1. The van der Waals surface area contributed by atoms with E-state index in [0.29, 0.717) is 35.2 Å². The van der Waals surface area contributed by atoms with Crippen molar-refractivity contribution in [3.63, 3.8) is 0 Å². The SMILES string of the molecule is COC[C@@]1(O)CC[C@H]2[C@H](CC[C@@H]3[C@@H]2CC[C@]2(C)[C@@H]([C@H](C)n4ncc(C#N)c4N)CC[C@@H]32)C1. The molecule has 0 spiro atoms. The summed E-state index contributed by atoms with van der Waals surface area (Å²) < 4.78 is 7.26. The lowest BCUT2D eigenvalue weighted by atomic mass is 9.48. The van der Waals surface area contributed by atoms with Crippen molar-refractivity contribution in [3.8, 4) is 6.07 Å². The molecule has 5 rings (SSSR count). The third-order valence-electron chi connectivity index (χ3n) is 10.5. The fraction of sp³-hybridized carbons (Fsp3) is 0.846. The maximum Gasteiger partial charge on any atom is 0.140 e. The van der Waals surface area contributed by atoms with Gasteiger partial charge in [-0.15, -0.1) is 0 Å². The average molecular weight is 441 g/mol. The third kappa shape index (κ3) is 3.30. The molecule has 1 aromatic heterocycles. The number of nitrogens with zero attached hydrogens (tertiary/aromatic N) is 3. The molecule has 0 saturated heterocycles. The van der Waals surface area contributed by atoms with Crippen LogP contribution in [0, 0.1) is 52.3 Å². The monoisotopic (exact) mass is 440 g/mol. The van der Waals surface area contributed by atoms with Gasteiger partial charge in [-0.3, -0.25) is 0 Å². The van der Waals surface area contributed by atoms with Gasteiger partial charge < -0.3 is 15.6 Å². The Labute approximate surface area is 192 Å². The normalized spacial score (nSPS) is 44.2. The highest BCUT2D eigenvalue weighted by Crippen LogP contribution is 2.66. The molecule has 176 valence electrons. The average Bonchev–Trinajstić information content (AvgIpc) is 3.32. The number of nitrogens with two attached hydrogens (primary N) is 1. The van der Waals surface area contributed by atoms with Crippen LogP contribution < -0.4 is 5.73 Å². The van der Waals surface area contributed by atoms with E-state index in [4.69, 9.17) is 10.5 Å². The standard InChI is InChI=1S/C26H40N4O2/c1-16(30-24(28)18(13-27)14-29-30)22-6-7-23-21-5-4-17-12-26(31,15-32-3)11-9-19(17)20(21)8-10-25(22,23)2/h14,16-17,19-23,31H,4-12,15,28H2,1-3H3/t16-,17+,19-,20+,21+,22+,23-,25+,26+/m0/s1. The lowest BCUT2D eigenvalue weighted by Gasteiger charge is -2.57. The number of nitrogen functional groups attached to an aromatic ring is 1. The van der Waals surface area contributed by atoms with Crippen LogP contribution in [0.2, 0.25) is 0 Å². The van der Waals surface area contributed by atoms with Gasteiger partial charge in [-0.05, 0) is 106 Å². The summed E-state index contributed by atoms with van der Waals surface area (Å²) in [6.07, 6.45) is 12.3. The number of hydrogen-bond donors (Lipinski definition) is 2. The van der Waals surface area contributed by atoms with Crippen molar-refractivity contribution in [1.82, 2.24) is 9.78 Å². The molecule has 4 aliphatic carbocycles. The van der Waals surface area contributed by atoms with Crippen molar-refractivity contribution in [3.05, 3.63) is 11.8 Å². The Morgan fingerprint density at radius 2 is 2.00 bits per heavy atom. The van der Waals surface area contributed by atoms with Crippen LogP contribution in [-0.4, -0.2) is 34.2 Å². The Kier molecular flexibility index (Phi) is 5.57. The number of hydrogen-bond acceptors (Lipinski definition) is 5. The summed E-state index contributed by atoms with van der Waals surface area (Å²) in [6, 6.07) is 2.39. The molecule has 4 fully saturated rings. The van der Waals surface area contributed by atoms with Gasteiger partial charge in [-0.2, -0.15) is 10.4 Å². The number of anilines is 1. The van der Waals surface area contributed by atoms with Crippen LogP contribution in [0.25, 0.3) is 0 Å². The molecule has 1 heterocycles. The molecule has 4 aliphatic rings. The second-order valence-corrected chi connectivity index (χ2v) is 11.8. The van der Waals surface area contributed by atoms with Crippen LogP contribution in [0.15, 0.2) is 6.20 Å². The number of methoxy groups -OCH3 is 1. The summed E-state index contributed by atoms with van der Waals surface area (Å²) in [6.45, 7) is 5.27. The lowest BCUT2D eigenvalue weighted by Crippen LogP contribution is -2.52. The molecule has 0 aromatic carbocycles. The molecule has 32 heavy (non-hydrogen) atoms. The van der Waals surface area contributed by atoms with E-state index in [2.05, 4.69) is 25.0 Å². The minimum atomic E-state index is -0.605. The zero-order valence-electron chi connectivity index (χ0n) is 20.0.